The molecule has 0 heterocycles. The first-order valence-corrected chi connectivity index (χ1v) is 7.34. The average Bonchev–Trinajstić information content (AvgIpc) is 3.18. The molecule has 2 nitrogen and oxygen atoms in total. The number of benzene rings is 1. The predicted molar refractivity (Wildman–Crippen MR) is 78.3 cm³/mol. The molecule has 0 aromatic heterocycles. The monoisotopic (exact) mass is 286 g/mol. The number of halogens is 2. The summed E-state index contributed by atoms with van der Waals surface area (Å²) >= 11 is 12.4. The second-order valence-electron chi connectivity index (χ2n) is 4.86. The molecule has 1 aliphatic rings. The van der Waals surface area contributed by atoms with Gasteiger partial charge >= 0.3 is 0 Å². The van der Waals surface area contributed by atoms with Crippen LogP contribution in [0.15, 0.2) is 18.2 Å². The summed E-state index contributed by atoms with van der Waals surface area (Å²) in [6, 6.07) is 6.67. The molecular formula is C14H20Cl2N2. The Hall–Kier alpha value is -0.280. The third-order valence-corrected chi connectivity index (χ3v) is 4.30. The van der Waals surface area contributed by atoms with E-state index in [-0.39, 0.29) is 6.04 Å². The van der Waals surface area contributed by atoms with Gasteiger partial charge in [0.15, 0.2) is 0 Å². The van der Waals surface area contributed by atoms with Crippen LogP contribution in [-0.2, 0) is 0 Å². The van der Waals surface area contributed by atoms with Gasteiger partial charge < -0.3 is 5.73 Å². The van der Waals surface area contributed by atoms with E-state index >= 15 is 0 Å². The second-order valence-corrected chi connectivity index (χ2v) is 5.65. The van der Waals surface area contributed by atoms with Crippen molar-refractivity contribution in [1.29, 1.82) is 0 Å². The quantitative estimate of drug-likeness (QED) is 0.860. The molecule has 1 aliphatic carbocycles. The van der Waals surface area contributed by atoms with Crippen molar-refractivity contribution in [2.24, 2.45) is 5.73 Å². The van der Waals surface area contributed by atoms with Gasteiger partial charge in [-0.15, -0.1) is 0 Å². The summed E-state index contributed by atoms with van der Waals surface area (Å²) in [5, 5.41) is 1.26. The molecule has 100 valence electrons. The van der Waals surface area contributed by atoms with E-state index in [4.69, 9.17) is 28.9 Å². The van der Waals surface area contributed by atoms with Crippen LogP contribution >= 0.6 is 23.2 Å². The first kappa shape index (κ1) is 14.1. The van der Waals surface area contributed by atoms with Crippen LogP contribution in [0.25, 0.3) is 0 Å². The van der Waals surface area contributed by atoms with Gasteiger partial charge in [0.05, 0.1) is 10.0 Å². The zero-order chi connectivity index (χ0) is 13.1. The lowest BCUT2D eigenvalue weighted by Gasteiger charge is -2.31. The minimum Gasteiger partial charge on any atom is -0.329 e. The molecule has 2 N–H and O–H groups in total. The van der Waals surface area contributed by atoms with E-state index in [1.807, 2.05) is 18.2 Å². The molecule has 1 unspecified atom stereocenters. The minimum absolute atomic E-state index is 0.184. The summed E-state index contributed by atoms with van der Waals surface area (Å²) in [6.07, 6.45) is 3.68. The van der Waals surface area contributed by atoms with E-state index in [0.717, 1.165) is 18.5 Å². The third kappa shape index (κ3) is 3.00. The zero-order valence-electron chi connectivity index (χ0n) is 10.7. The minimum atomic E-state index is 0.184. The molecule has 0 saturated heterocycles. The summed E-state index contributed by atoms with van der Waals surface area (Å²) in [7, 11) is 0. The van der Waals surface area contributed by atoms with Gasteiger partial charge in [0.2, 0.25) is 0 Å². The fourth-order valence-electron chi connectivity index (χ4n) is 2.48. The molecule has 1 aromatic rings. The molecule has 2 rings (SSSR count). The molecular weight excluding hydrogens is 267 g/mol. The first-order valence-electron chi connectivity index (χ1n) is 6.58. The summed E-state index contributed by atoms with van der Waals surface area (Å²) < 4.78 is 0. The highest BCUT2D eigenvalue weighted by molar-refractivity contribution is 6.42. The molecule has 0 radical (unpaired) electrons. The second kappa shape index (κ2) is 6.25. The third-order valence-electron chi connectivity index (χ3n) is 3.46. The molecule has 1 aromatic carbocycles. The Bertz CT molecular complexity index is 405. The lowest BCUT2D eigenvalue weighted by molar-refractivity contribution is 0.191. The Balaban J connectivity index is 2.28. The van der Waals surface area contributed by atoms with Crippen molar-refractivity contribution in [2.45, 2.75) is 38.3 Å². The van der Waals surface area contributed by atoms with Gasteiger partial charge in [-0.1, -0.05) is 42.3 Å². The van der Waals surface area contributed by atoms with Gasteiger partial charge in [-0.2, -0.15) is 0 Å². The van der Waals surface area contributed by atoms with Gasteiger partial charge in [0.25, 0.3) is 0 Å². The van der Waals surface area contributed by atoms with Crippen LogP contribution in [0.4, 0.5) is 0 Å². The van der Waals surface area contributed by atoms with Crippen LogP contribution in [0.1, 0.15) is 37.8 Å². The molecule has 0 amide bonds. The number of hydrogen-bond acceptors (Lipinski definition) is 2. The van der Waals surface area contributed by atoms with Crippen LogP contribution in [-0.4, -0.2) is 24.0 Å². The fourth-order valence-corrected chi connectivity index (χ4v) is 2.91. The Kier molecular flexibility index (Phi) is 4.91. The van der Waals surface area contributed by atoms with Crippen LogP contribution in [0.3, 0.4) is 0 Å². The SMILES string of the molecule is CCCN(C1CC1)C(CN)c1cccc(Cl)c1Cl. The maximum absolute atomic E-state index is 6.32. The normalized spacial score (nSPS) is 17.2. The van der Waals surface area contributed by atoms with Crippen molar-refractivity contribution >= 4 is 23.2 Å². The molecule has 1 fully saturated rings. The van der Waals surface area contributed by atoms with E-state index in [1.54, 1.807) is 0 Å². The molecule has 1 saturated carbocycles. The first-order chi connectivity index (χ1) is 8.69. The van der Waals surface area contributed by atoms with Crippen LogP contribution < -0.4 is 5.73 Å². The maximum Gasteiger partial charge on any atom is 0.0640 e. The highest BCUT2D eigenvalue weighted by atomic mass is 35.5. The molecule has 4 heteroatoms. The van der Waals surface area contributed by atoms with Gasteiger partial charge in [0, 0.05) is 18.6 Å². The molecule has 0 bridgehead atoms. The lowest BCUT2D eigenvalue weighted by atomic mass is 10.0. The zero-order valence-corrected chi connectivity index (χ0v) is 12.2. The maximum atomic E-state index is 6.32. The van der Waals surface area contributed by atoms with Gasteiger partial charge in [-0.3, -0.25) is 4.90 Å². The Morgan fingerprint density at radius 2 is 2.11 bits per heavy atom. The van der Waals surface area contributed by atoms with Gasteiger partial charge in [-0.05, 0) is 37.4 Å². The molecule has 0 spiro atoms. The summed E-state index contributed by atoms with van der Waals surface area (Å²) in [5.74, 6) is 0. The topological polar surface area (TPSA) is 29.3 Å². The highest BCUT2D eigenvalue weighted by Gasteiger charge is 2.34. The number of nitrogens with two attached hydrogens (primary N) is 1. The number of rotatable bonds is 6. The summed E-state index contributed by atoms with van der Waals surface area (Å²) in [5.41, 5.74) is 7.04. The van der Waals surface area contributed by atoms with Gasteiger partial charge in [0.1, 0.15) is 0 Å². The standard InChI is InChI=1S/C14H20Cl2N2/c1-2-8-18(10-6-7-10)13(9-17)11-4-3-5-12(15)14(11)16/h3-5,10,13H,2,6-9,17H2,1H3. The molecule has 18 heavy (non-hydrogen) atoms. The van der Waals surface area contributed by atoms with E-state index < -0.39 is 0 Å². The Morgan fingerprint density at radius 3 is 2.67 bits per heavy atom. The smallest absolute Gasteiger partial charge is 0.0640 e. The fraction of sp³-hybridized carbons (Fsp3) is 0.571. The number of nitrogens with zero attached hydrogens (tertiary/aromatic N) is 1. The highest BCUT2D eigenvalue weighted by Crippen LogP contribution is 2.38. The summed E-state index contributed by atoms with van der Waals surface area (Å²) in [6.45, 7) is 3.84. The summed E-state index contributed by atoms with van der Waals surface area (Å²) in [4.78, 5) is 2.48. The largest absolute Gasteiger partial charge is 0.329 e. The van der Waals surface area contributed by atoms with Crippen molar-refractivity contribution in [1.82, 2.24) is 4.90 Å². The van der Waals surface area contributed by atoms with E-state index in [0.29, 0.717) is 22.6 Å². The lowest BCUT2D eigenvalue weighted by Crippen LogP contribution is -2.36. The van der Waals surface area contributed by atoms with E-state index in [1.165, 1.54) is 12.8 Å². The molecule has 0 aliphatic heterocycles. The predicted octanol–water partition coefficient (Wildman–Crippen LogP) is 3.87. The van der Waals surface area contributed by atoms with Crippen molar-refractivity contribution in [3.8, 4) is 0 Å². The van der Waals surface area contributed by atoms with Crippen LogP contribution in [0, 0.1) is 0 Å². The Labute approximate surface area is 119 Å². The van der Waals surface area contributed by atoms with Crippen LogP contribution in [0.5, 0.6) is 0 Å². The number of hydrogen-bond donors (Lipinski definition) is 1. The van der Waals surface area contributed by atoms with E-state index in [2.05, 4.69) is 11.8 Å². The molecule has 1 atom stereocenters. The van der Waals surface area contributed by atoms with Crippen molar-refractivity contribution in [3.63, 3.8) is 0 Å². The van der Waals surface area contributed by atoms with E-state index in [9.17, 15) is 0 Å². The average molecular weight is 287 g/mol. The van der Waals surface area contributed by atoms with Crippen molar-refractivity contribution in [2.75, 3.05) is 13.1 Å². The van der Waals surface area contributed by atoms with Gasteiger partial charge in [-0.25, -0.2) is 0 Å². The van der Waals surface area contributed by atoms with Crippen molar-refractivity contribution in [3.05, 3.63) is 33.8 Å². The van der Waals surface area contributed by atoms with Crippen molar-refractivity contribution < 1.29 is 0 Å². The Morgan fingerprint density at radius 1 is 1.39 bits per heavy atom. The van der Waals surface area contributed by atoms with Crippen LogP contribution in [0.2, 0.25) is 10.0 Å².